The van der Waals surface area contributed by atoms with E-state index < -0.39 is 4.92 Å². The van der Waals surface area contributed by atoms with Gasteiger partial charge in [-0.15, -0.1) is 11.3 Å². The van der Waals surface area contributed by atoms with Gasteiger partial charge in [0.1, 0.15) is 5.82 Å². The Labute approximate surface area is 169 Å². The van der Waals surface area contributed by atoms with Gasteiger partial charge >= 0.3 is 0 Å². The third-order valence-electron chi connectivity index (χ3n) is 4.26. The van der Waals surface area contributed by atoms with Crippen molar-refractivity contribution in [2.24, 2.45) is 0 Å². The van der Waals surface area contributed by atoms with Crippen LogP contribution in [0.2, 0.25) is 0 Å². The van der Waals surface area contributed by atoms with Crippen LogP contribution in [-0.2, 0) is 0 Å². The van der Waals surface area contributed by atoms with Crippen molar-refractivity contribution in [3.8, 4) is 22.6 Å². The molecule has 0 aliphatic heterocycles. The number of aromatic nitrogens is 3. The summed E-state index contributed by atoms with van der Waals surface area (Å²) in [7, 11) is 0. The number of thiazole rings is 1. The summed E-state index contributed by atoms with van der Waals surface area (Å²) in [4.78, 5) is 35.0. The number of carbonyl (C=O) groups is 1. The molecule has 0 saturated carbocycles. The minimum atomic E-state index is -0.462. The van der Waals surface area contributed by atoms with Crippen LogP contribution >= 0.6 is 11.3 Å². The summed E-state index contributed by atoms with van der Waals surface area (Å²) < 4.78 is 0. The van der Waals surface area contributed by atoms with Crippen LogP contribution in [0.5, 0.6) is 0 Å². The largest absolute Gasteiger partial charge is 0.337 e. The molecular formula is C20H15N5O3S. The molecule has 8 nitrogen and oxygen atoms in total. The second-order valence-corrected chi connectivity index (χ2v) is 7.16. The summed E-state index contributed by atoms with van der Waals surface area (Å²) in [5.41, 5.74) is 3.31. The number of non-ortho nitro benzene ring substituents is 1. The van der Waals surface area contributed by atoms with Gasteiger partial charge < -0.3 is 4.98 Å². The lowest BCUT2D eigenvalue weighted by Crippen LogP contribution is -2.13. The zero-order valence-corrected chi connectivity index (χ0v) is 16.1. The molecule has 0 bridgehead atoms. The standard InChI is InChI=1S/C20H15N5O3S/c1-12-2-4-13(5-3-12)16-17(19(26)24-20-21-10-11-29-20)23-18(22-16)14-6-8-15(9-7-14)25(27)28/h2-11H,1H3,(H,22,23)(H,21,24,26). The van der Waals surface area contributed by atoms with E-state index in [1.807, 2.05) is 31.2 Å². The molecule has 0 aliphatic carbocycles. The maximum atomic E-state index is 12.8. The molecule has 1 amide bonds. The Morgan fingerprint density at radius 3 is 2.41 bits per heavy atom. The van der Waals surface area contributed by atoms with E-state index in [-0.39, 0.29) is 17.3 Å². The average Bonchev–Trinajstić information content (AvgIpc) is 3.38. The normalized spacial score (nSPS) is 10.7. The highest BCUT2D eigenvalue weighted by Gasteiger charge is 2.21. The molecule has 0 saturated heterocycles. The van der Waals surface area contributed by atoms with Gasteiger partial charge in [-0.25, -0.2) is 9.97 Å². The number of carbonyl (C=O) groups excluding carboxylic acids is 1. The molecule has 0 aliphatic rings. The predicted octanol–water partition coefficient (Wildman–Crippen LogP) is 4.67. The van der Waals surface area contributed by atoms with Gasteiger partial charge in [0, 0.05) is 34.8 Å². The third-order valence-corrected chi connectivity index (χ3v) is 4.95. The van der Waals surface area contributed by atoms with Crippen molar-refractivity contribution in [1.29, 1.82) is 0 Å². The van der Waals surface area contributed by atoms with Gasteiger partial charge in [0.05, 0.1) is 10.6 Å². The SMILES string of the molecule is Cc1ccc(-c2[nH]c(-c3ccc([N+](=O)[O-])cc3)nc2C(=O)Nc2nccs2)cc1. The van der Waals surface area contributed by atoms with Crippen molar-refractivity contribution in [1.82, 2.24) is 15.0 Å². The summed E-state index contributed by atoms with van der Waals surface area (Å²) in [5.74, 6) is 0.0553. The van der Waals surface area contributed by atoms with Crippen molar-refractivity contribution in [3.05, 3.63) is 81.5 Å². The fourth-order valence-electron chi connectivity index (χ4n) is 2.79. The Morgan fingerprint density at radius 1 is 1.10 bits per heavy atom. The van der Waals surface area contributed by atoms with Gasteiger partial charge in [-0.2, -0.15) is 0 Å². The summed E-state index contributed by atoms with van der Waals surface area (Å²) in [6.07, 6.45) is 1.61. The van der Waals surface area contributed by atoms with E-state index in [0.717, 1.165) is 11.1 Å². The number of nitro groups is 1. The van der Waals surface area contributed by atoms with Crippen molar-refractivity contribution in [2.45, 2.75) is 6.92 Å². The van der Waals surface area contributed by atoms with Gasteiger partial charge in [0.2, 0.25) is 0 Å². The van der Waals surface area contributed by atoms with Crippen LogP contribution in [0.3, 0.4) is 0 Å². The van der Waals surface area contributed by atoms with Crippen LogP contribution in [-0.4, -0.2) is 25.8 Å². The highest BCUT2D eigenvalue weighted by atomic mass is 32.1. The molecule has 4 rings (SSSR count). The second kappa shape index (κ2) is 7.64. The number of nitrogens with one attached hydrogen (secondary N) is 2. The number of amides is 1. The molecule has 144 valence electrons. The van der Waals surface area contributed by atoms with Gasteiger partial charge in [0.15, 0.2) is 10.8 Å². The zero-order chi connectivity index (χ0) is 20.4. The Kier molecular flexibility index (Phi) is 4.88. The highest BCUT2D eigenvalue weighted by molar-refractivity contribution is 7.13. The van der Waals surface area contributed by atoms with Crippen LogP contribution < -0.4 is 5.32 Å². The van der Waals surface area contributed by atoms with Crippen LogP contribution in [0, 0.1) is 17.0 Å². The first-order valence-corrected chi connectivity index (χ1v) is 9.52. The highest BCUT2D eigenvalue weighted by Crippen LogP contribution is 2.28. The minimum Gasteiger partial charge on any atom is -0.337 e. The molecule has 2 aromatic heterocycles. The molecule has 9 heteroatoms. The van der Waals surface area contributed by atoms with Gasteiger partial charge in [-0.3, -0.25) is 20.2 Å². The number of imidazole rings is 1. The number of hydrogen-bond acceptors (Lipinski definition) is 6. The number of anilines is 1. The summed E-state index contributed by atoms with van der Waals surface area (Å²) in [6.45, 7) is 1.98. The third kappa shape index (κ3) is 3.90. The number of aryl methyl sites for hydroxylation is 1. The van der Waals surface area contributed by atoms with Crippen LogP contribution in [0.1, 0.15) is 16.1 Å². The predicted molar refractivity (Wildman–Crippen MR) is 111 cm³/mol. The number of hydrogen-bond donors (Lipinski definition) is 2. The molecule has 0 radical (unpaired) electrons. The Morgan fingerprint density at radius 2 is 1.79 bits per heavy atom. The quantitative estimate of drug-likeness (QED) is 0.370. The first-order valence-electron chi connectivity index (χ1n) is 8.64. The van der Waals surface area contributed by atoms with E-state index in [1.54, 1.807) is 23.7 Å². The lowest BCUT2D eigenvalue weighted by atomic mass is 10.1. The first kappa shape index (κ1) is 18.5. The molecule has 2 aromatic carbocycles. The van der Waals surface area contributed by atoms with Crippen molar-refractivity contribution in [3.63, 3.8) is 0 Å². The average molecular weight is 405 g/mol. The van der Waals surface area contributed by atoms with E-state index in [4.69, 9.17) is 0 Å². The molecule has 2 heterocycles. The zero-order valence-electron chi connectivity index (χ0n) is 15.2. The molecule has 4 aromatic rings. The molecule has 0 spiro atoms. The van der Waals surface area contributed by atoms with E-state index in [1.165, 1.54) is 23.5 Å². The smallest absolute Gasteiger partial charge is 0.278 e. The van der Waals surface area contributed by atoms with Crippen molar-refractivity contribution < 1.29 is 9.72 Å². The number of aromatic amines is 1. The summed E-state index contributed by atoms with van der Waals surface area (Å²) >= 11 is 1.31. The van der Waals surface area contributed by atoms with E-state index in [9.17, 15) is 14.9 Å². The van der Waals surface area contributed by atoms with Crippen LogP contribution in [0.15, 0.2) is 60.1 Å². The molecular weight excluding hydrogens is 390 g/mol. The first-order chi connectivity index (χ1) is 14.0. The maximum Gasteiger partial charge on any atom is 0.278 e. The number of benzene rings is 2. The summed E-state index contributed by atoms with van der Waals surface area (Å²) in [6, 6.07) is 13.7. The monoisotopic (exact) mass is 405 g/mol. The molecule has 2 N–H and O–H groups in total. The van der Waals surface area contributed by atoms with Crippen LogP contribution in [0.25, 0.3) is 22.6 Å². The van der Waals surface area contributed by atoms with Crippen LogP contribution in [0.4, 0.5) is 10.8 Å². The molecule has 29 heavy (non-hydrogen) atoms. The number of nitrogens with zero attached hydrogens (tertiary/aromatic N) is 3. The van der Waals surface area contributed by atoms with Gasteiger partial charge in [-0.1, -0.05) is 29.8 Å². The van der Waals surface area contributed by atoms with Gasteiger partial charge in [-0.05, 0) is 19.1 Å². The topological polar surface area (TPSA) is 114 Å². The minimum absolute atomic E-state index is 0.0131. The molecule has 0 atom stereocenters. The lowest BCUT2D eigenvalue weighted by Gasteiger charge is -2.03. The van der Waals surface area contributed by atoms with E-state index in [0.29, 0.717) is 22.2 Å². The summed E-state index contributed by atoms with van der Waals surface area (Å²) in [5, 5.41) is 15.9. The second-order valence-electron chi connectivity index (χ2n) is 6.27. The van der Waals surface area contributed by atoms with Crippen molar-refractivity contribution in [2.75, 3.05) is 5.32 Å². The Bertz CT molecular complexity index is 1170. The lowest BCUT2D eigenvalue weighted by molar-refractivity contribution is -0.384. The number of H-pyrrole nitrogens is 1. The fraction of sp³-hybridized carbons (Fsp3) is 0.0500. The maximum absolute atomic E-state index is 12.8. The number of nitro benzene ring substituents is 1. The van der Waals surface area contributed by atoms with Gasteiger partial charge in [0.25, 0.3) is 11.6 Å². The van der Waals surface area contributed by atoms with Crippen molar-refractivity contribution >= 4 is 28.1 Å². The van der Waals surface area contributed by atoms with E-state index in [2.05, 4.69) is 20.3 Å². The van der Waals surface area contributed by atoms with E-state index >= 15 is 0 Å². The fourth-order valence-corrected chi connectivity index (χ4v) is 3.31. The molecule has 0 fully saturated rings. The molecule has 0 unspecified atom stereocenters. The number of rotatable bonds is 5. The Hall–Kier alpha value is -3.85. The Balaban J connectivity index is 1.76.